The van der Waals surface area contributed by atoms with Crippen LogP contribution in [0.5, 0.6) is 11.5 Å². The topological polar surface area (TPSA) is 95.3 Å². The molecule has 0 radical (unpaired) electrons. The van der Waals surface area contributed by atoms with Crippen LogP contribution in [0.15, 0.2) is 30.3 Å². The second-order valence-electron chi connectivity index (χ2n) is 6.73. The summed E-state index contributed by atoms with van der Waals surface area (Å²) in [5.74, 6) is -0.940. The average Bonchev–Trinajstić information content (AvgIpc) is 3.29. The number of thiazole rings is 1. The number of aryl methyl sites for hydroxylation is 1. The van der Waals surface area contributed by atoms with Crippen molar-refractivity contribution < 1.29 is 21.9 Å². The largest absolute Gasteiger partial charge is 0.453 e. The van der Waals surface area contributed by atoms with E-state index in [9.17, 15) is 22.5 Å². The summed E-state index contributed by atoms with van der Waals surface area (Å²) in [5.41, 5.74) is 0.310. The maximum absolute atomic E-state index is 14.5. The van der Waals surface area contributed by atoms with E-state index in [-0.39, 0.29) is 36.5 Å². The fraction of sp³-hybridized carbons (Fsp3) is 0.263. The van der Waals surface area contributed by atoms with Gasteiger partial charge < -0.3 is 4.74 Å². The van der Waals surface area contributed by atoms with Crippen LogP contribution >= 0.6 is 11.3 Å². The summed E-state index contributed by atoms with van der Waals surface area (Å²) >= 11 is 1.44. The first-order valence-electron chi connectivity index (χ1n) is 8.96. The van der Waals surface area contributed by atoms with Crippen LogP contribution in [-0.4, -0.2) is 37.0 Å². The number of benzene rings is 2. The van der Waals surface area contributed by atoms with Gasteiger partial charge in [-0.25, -0.2) is 13.8 Å². The molecule has 30 heavy (non-hydrogen) atoms. The number of nitrogens with one attached hydrogen (secondary N) is 1. The second kappa shape index (κ2) is 7.79. The fourth-order valence-corrected chi connectivity index (χ4v) is 5.30. The molecular weight excluding hydrogens is 434 g/mol. The molecule has 0 saturated carbocycles. The molecule has 0 spiro atoms. The number of aromatic nitrogens is 1. The third kappa shape index (κ3) is 3.94. The highest BCUT2D eigenvalue weighted by atomic mass is 32.2. The quantitative estimate of drug-likeness (QED) is 0.631. The monoisotopic (exact) mass is 450 g/mol. The normalized spacial score (nSPS) is 17.2. The maximum atomic E-state index is 14.5. The van der Waals surface area contributed by atoms with Crippen LogP contribution in [0.3, 0.4) is 0 Å². The molecule has 1 atom stereocenters. The predicted molar refractivity (Wildman–Crippen MR) is 109 cm³/mol. The molecule has 1 aliphatic rings. The Kier molecular flexibility index (Phi) is 5.31. The van der Waals surface area contributed by atoms with Gasteiger partial charge in [-0.2, -0.15) is 18.0 Å². The van der Waals surface area contributed by atoms with Crippen molar-refractivity contribution in [3.05, 3.63) is 46.7 Å². The third-order valence-electron chi connectivity index (χ3n) is 4.58. The van der Waals surface area contributed by atoms with Crippen LogP contribution in [0.4, 0.5) is 14.5 Å². The van der Waals surface area contributed by atoms with Gasteiger partial charge in [0.2, 0.25) is 0 Å². The van der Waals surface area contributed by atoms with E-state index in [0.29, 0.717) is 0 Å². The number of hydrogen-bond donors (Lipinski definition) is 1. The van der Waals surface area contributed by atoms with Crippen molar-refractivity contribution in [1.82, 2.24) is 9.29 Å². The third-order valence-corrected chi connectivity index (χ3v) is 7.00. The van der Waals surface area contributed by atoms with Crippen molar-refractivity contribution >= 4 is 37.5 Å². The first kappa shape index (κ1) is 20.5. The first-order valence-corrected chi connectivity index (χ1v) is 11.2. The van der Waals surface area contributed by atoms with Gasteiger partial charge in [-0.15, -0.1) is 11.3 Å². The van der Waals surface area contributed by atoms with Gasteiger partial charge in [-0.1, -0.05) is 0 Å². The standard InChI is InChI=1S/C19H16F2N4O3S2/c1-11-23-17-4-2-13(8-18(17)29-11)28-19-14(9-22)16(5-3-15(19)21)24-30(26,27)25-7-6-12(20)10-25/h2-5,8,12,24H,6-7,10H2,1H3. The molecule has 3 aromatic rings. The summed E-state index contributed by atoms with van der Waals surface area (Å²) in [6.45, 7) is 1.62. The van der Waals surface area contributed by atoms with E-state index in [4.69, 9.17) is 4.74 Å². The number of alkyl halides is 1. The zero-order chi connectivity index (χ0) is 21.5. The molecule has 7 nitrogen and oxygen atoms in total. The van der Waals surface area contributed by atoms with Crippen LogP contribution in [0.2, 0.25) is 0 Å². The number of hydrogen-bond acceptors (Lipinski definition) is 6. The van der Waals surface area contributed by atoms with Crippen molar-refractivity contribution in [2.75, 3.05) is 17.8 Å². The molecule has 2 aromatic carbocycles. The summed E-state index contributed by atoms with van der Waals surface area (Å²) in [4.78, 5) is 4.34. The first-order chi connectivity index (χ1) is 14.3. The van der Waals surface area contributed by atoms with Crippen molar-refractivity contribution in [1.29, 1.82) is 5.26 Å². The lowest BCUT2D eigenvalue weighted by Crippen LogP contribution is -2.34. The van der Waals surface area contributed by atoms with Crippen LogP contribution in [0.1, 0.15) is 17.0 Å². The Labute approximate surface area is 175 Å². The number of nitrogens with zero attached hydrogens (tertiary/aromatic N) is 3. The molecule has 11 heteroatoms. The molecule has 1 saturated heterocycles. The summed E-state index contributed by atoms with van der Waals surface area (Å²) in [5, 5.41) is 10.4. The highest BCUT2D eigenvalue weighted by Gasteiger charge is 2.32. The van der Waals surface area contributed by atoms with Crippen LogP contribution in [0, 0.1) is 24.1 Å². The van der Waals surface area contributed by atoms with Crippen molar-refractivity contribution in [2.45, 2.75) is 19.5 Å². The fourth-order valence-electron chi connectivity index (χ4n) is 3.16. The van der Waals surface area contributed by atoms with Crippen LogP contribution < -0.4 is 9.46 Å². The molecule has 156 valence electrons. The molecule has 0 bridgehead atoms. The summed E-state index contributed by atoms with van der Waals surface area (Å²) < 4.78 is 62.6. The number of anilines is 1. The van der Waals surface area contributed by atoms with E-state index in [1.807, 2.05) is 6.92 Å². The Morgan fingerprint density at radius 2 is 2.17 bits per heavy atom. The Bertz CT molecular complexity index is 1270. The Morgan fingerprint density at radius 3 is 2.87 bits per heavy atom. The average molecular weight is 450 g/mol. The lowest BCUT2D eigenvalue weighted by Gasteiger charge is -2.18. The zero-order valence-electron chi connectivity index (χ0n) is 15.7. The summed E-state index contributed by atoms with van der Waals surface area (Å²) in [6, 6.07) is 8.91. The van der Waals surface area contributed by atoms with Gasteiger partial charge in [-0.3, -0.25) is 4.72 Å². The van der Waals surface area contributed by atoms with E-state index >= 15 is 0 Å². The molecule has 1 aliphatic heterocycles. The maximum Gasteiger partial charge on any atom is 0.301 e. The van der Waals surface area contributed by atoms with Crippen molar-refractivity contribution in [3.8, 4) is 17.6 Å². The molecule has 1 aromatic heterocycles. The number of fused-ring (bicyclic) bond motifs is 1. The Balaban J connectivity index is 1.67. The molecule has 1 unspecified atom stereocenters. The second-order valence-corrected chi connectivity index (χ2v) is 9.63. The van der Waals surface area contributed by atoms with E-state index in [2.05, 4.69) is 9.71 Å². The number of halogens is 2. The number of ether oxygens (including phenoxy) is 1. The van der Waals surface area contributed by atoms with Gasteiger partial charge in [0, 0.05) is 19.2 Å². The van der Waals surface area contributed by atoms with E-state index < -0.39 is 27.9 Å². The van der Waals surface area contributed by atoms with Crippen molar-refractivity contribution in [3.63, 3.8) is 0 Å². The molecular formula is C19H16F2N4O3S2. The minimum atomic E-state index is -4.10. The zero-order valence-corrected chi connectivity index (χ0v) is 17.4. The SMILES string of the molecule is Cc1nc2ccc(Oc3c(F)ccc(NS(=O)(=O)N4CCC(F)C4)c3C#N)cc2s1. The Morgan fingerprint density at radius 1 is 1.37 bits per heavy atom. The summed E-state index contributed by atoms with van der Waals surface area (Å²) in [7, 11) is -4.10. The number of rotatable bonds is 5. The van der Waals surface area contributed by atoms with Crippen LogP contribution in [0.25, 0.3) is 10.2 Å². The van der Waals surface area contributed by atoms with Gasteiger partial charge in [0.05, 0.1) is 20.9 Å². The smallest absolute Gasteiger partial charge is 0.301 e. The van der Waals surface area contributed by atoms with Gasteiger partial charge in [0.1, 0.15) is 23.6 Å². The highest BCUT2D eigenvalue weighted by Crippen LogP contribution is 2.35. The predicted octanol–water partition coefficient (Wildman–Crippen LogP) is 4.11. The minimum Gasteiger partial charge on any atom is -0.453 e. The van der Waals surface area contributed by atoms with Gasteiger partial charge >= 0.3 is 10.2 Å². The van der Waals surface area contributed by atoms with Gasteiger partial charge in [0.25, 0.3) is 0 Å². The molecule has 1 fully saturated rings. The van der Waals surface area contributed by atoms with Gasteiger partial charge in [-0.05, 0) is 37.6 Å². The van der Waals surface area contributed by atoms with Crippen LogP contribution in [-0.2, 0) is 10.2 Å². The van der Waals surface area contributed by atoms with E-state index in [1.54, 1.807) is 24.3 Å². The number of nitriles is 1. The lowest BCUT2D eigenvalue weighted by molar-refractivity contribution is 0.343. The van der Waals surface area contributed by atoms with Crippen molar-refractivity contribution in [2.24, 2.45) is 0 Å². The van der Waals surface area contributed by atoms with Gasteiger partial charge in [0.15, 0.2) is 11.6 Å². The molecule has 0 amide bonds. The molecule has 2 heterocycles. The molecule has 0 aliphatic carbocycles. The molecule has 1 N–H and O–H groups in total. The highest BCUT2D eigenvalue weighted by molar-refractivity contribution is 7.90. The molecule has 4 rings (SSSR count). The summed E-state index contributed by atoms with van der Waals surface area (Å²) in [6.07, 6.45) is -1.14. The van der Waals surface area contributed by atoms with E-state index in [1.165, 1.54) is 11.3 Å². The lowest BCUT2D eigenvalue weighted by atomic mass is 10.1. The van der Waals surface area contributed by atoms with E-state index in [0.717, 1.165) is 31.7 Å². The minimum absolute atomic E-state index is 0.0250. The Hall–Kier alpha value is -2.81.